The Bertz CT molecular complexity index is 953. The van der Waals surface area contributed by atoms with Gasteiger partial charge in [-0.05, 0) is 33.9 Å². The number of rotatable bonds is 6. The van der Waals surface area contributed by atoms with Crippen molar-refractivity contribution in [2.75, 3.05) is 0 Å². The molecule has 5 heteroatoms. The number of hydrogen-bond acceptors (Lipinski definition) is 3. The molecule has 0 saturated heterocycles. The van der Waals surface area contributed by atoms with E-state index in [0.29, 0.717) is 6.54 Å². The second-order valence-electron chi connectivity index (χ2n) is 6.55. The maximum absolute atomic E-state index is 12.2. The first-order chi connectivity index (χ1) is 13.6. The van der Waals surface area contributed by atoms with Gasteiger partial charge in [-0.3, -0.25) is 14.8 Å². The molecular weight excluding hydrogens is 352 g/mol. The number of hydroxylamine groups is 1. The fourth-order valence-electron chi connectivity index (χ4n) is 3.16. The Balaban J connectivity index is 1.87. The van der Waals surface area contributed by atoms with Crippen molar-refractivity contribution >= 4 is 11.8 Å². The van der Waals surface area contributed by atoms with Crippen molar-refractivity contribution in [3.05, 3.63) is 95.6 Å². The predicted molar refractivity (Wildman–Crippen MR) is 108 cm³/mol. The van der Waals surface area contributed by atoms with Gasteiger partial charge in [0, 0.05) is 13.5 Å². The van der Waals surface area contributed by atoms with Gasteiger partial charge in [0.25, 0.3) is 5.91 Å². The summed E-state index contributed by atoms with van der Waals surface area (Å²) in [5.74, 6) is -1.13. The van der Waals surface area contributed by atoms with Crippen molar-refractivity contribution in [3.8, 4) is 11.1 Å². The van der Waals surface area contributed by atoms with Crippen LogP contribution in [0, 0.1) is 0 Å². The van der Waals surface area contributed by atoms with Gasteiger partial charge in [-0.15, -0.1) is 0 Å². The number of amides is 2. The monoisotopic (exact) mass is 374 g/mol. The van der Waals surface area contributed by atoms with Crippen LogP contribution in [-0.4, -0.2) is 17.0 Å². The van der Waals surface area contributed by atoms with E-state index in [9.17, 15) is 9.59 Å². The van der Waals surface area contributed by atoms with Gasteiger partial charge in [-0.1, -0.05) is 72.8 Å². The van der Waals surface area contributed by atoms with Crippen LogP contribution < -0.4 is 10.8 Å². The van der Waals surface area contributed by atoms with E-state index < -0.39 is 11.8 Å². The summed E-state index contributed by atoms with van der Waals surface area (Å²) in [5.41, 5.74) is 6.40. The Labute approximate surface area is 164 Å². The van der Waals surface area contributed by atoms with E-state index in [1.807, 2.05) is 78.9 Å². The Kier molecular flexibility index (Phi) is 6.19. The van der Waals surface area contributed by atoms with E-state index in [1.165, 1.54) is 6.92 Å². The molecule has 0 radical (unpaired) electrons. The van der Waals surface area contributed by atoms with Crippen LogP contribution in [0.1, 0.15) is 29.5 Å². The molecule has 3 aromatic carbocycles. The zero-order valence-corrected chi connectivity index (χ0v) is 15.6. The molecule has 3 rings (SSSR count). The largest absolute Gasteiger partial charge is 0.352 e. The van der Waals surface area contributed by atoms with Crippen LogP contribution in [0.2, 0.25) is 0 Å². The van der Waals surface area contributed by atoms with Crippen molar-refractivity contribution in [3.63, 3.8) is 0 Å². The SMILES string of the molecule is CC(=O)NCc1cccc(-c2ccc(C(C(=O)NO)c3ccccc3)cc2)c1. The van der Waals surface area contributed by atoms with Crippen LogP contribution in [0.25, 0.3) is 11.1 Å². The molecular formula is C23H22N2O3. The van der Waals surface area contributed by atoms with Gasteiger partial charge in [-0.25, -0.2) is 5.48 Å². The van der Waals surface area contributed by atoms with Gasteiger partial charge in [0.2, 0.25) is 5.91 Å². The lowest BCUT2D eigenvalue weighted by Gasteiger charge is -2.16. The topological polar surface area (TPSA) is 78.4 Å². The van der Waals surface area contributed by atoms with E-state index in [4.69, 9.17) is 5.21 Å². The number of carbonyl (C=O) groups excluding carboxylic acids is 2. The molecule has 0 aliphatic heterocycles. The first kappa shape index (κ1) is 19.3. The van der Waals surface area contributed by atoms with Gasteiger partial charge in [0.05, 0.1) is 5.92 Å². The highest BCUT2D eigenvalue weighted by molar-refractivity contribution is 5.86. The summed E-state index contributed by atoms with van der Waals surface area (Å²) in [7, 11) is 0. The lowest BCUT2D eigenvalue weighted by atomic mass is 9.89. The minimum Gasteiger partial charge on any atom is -0.352 e. The van der Waals surface area contributed by atoms with E-state index in [-0.39, 0.29) is 5.91 Å². The molecule has 0 saturated carbocycles. The molecule has 2 amide bonds. The van der Waals surface area contributed by atoms with Gasteiger partial charge < -0.3 is 5.32 Å². The lowest BCUT2D eigenvalue weighted by molar-refractivity contribution is -0.129. The Morgan fingerprint density at radius 1 is 0.857 bits per heavy atom. The minimum absolute atomic E-state index is 0.0659. The summed E-state index contributed by atoms with van der Waals surface area (Å²) in [6.45, 7) is 1.97. The van der Waals surface area contributed by atoms with Crippen molar-refractivity contribution < 1.29 is 14.8 Å². The fourth-order valence-corrected chi connectivity index (χ4v) is 3.16. The van der Waals surface area contributed by atoms with Crippen LogP contribution in [0.4, 0.5) is 0 Å². The van der Waals surface area contributed by atoms with Gasteiger partial charge in [0.1, 0.15) is 0 Å². The Morgan fingerprint density at radius 3 is 2.18 bits per heavy atom. The van der Waals surface area contributed by atoms with Crippen molar-refractivity contribution in [2.24, 2.45) is 0 Å². The maximum atomic E-state index is 12.2. The normalized spacial score (nSPS) is 11.5. The second-order valence-corrected chi connectivity index (χ2v) is 6.55. The standard InChI is InChI=1S/C23H22N2O3/c1-16(26)24-15-17-6-5-9-21(14-17)18-10-12-20(13-11-18)22(23(27)25-28)19-7-3-2-4-8-19/h2-14,22,28H,15H2,1H3,(H,24,26)(H,25,27). The molecule has 0 aliphatic carbocycles. The van der Waals surface area contributed by atoms with Crippen LogP contribution in [0.5, 0.6) is 0 Å². The molecule has 0 aromatic heterocycles. The predicted octanol–water partition coefficient (Wildman–Crippen LogP) is 3.63. The molecule has 5 nitrogen and oxygen atoms in total. The molecule has 0 spiro atoms. The minimum atomic E-state index is -0.591. The molecule has 28 heavy (non-hydrogen) atoms. The van der Waals surface area contributed by atoms with E-state index in [1.54, 1.807) is 5.48 Å². The summed E-state index contributed by atoms with van der Waals surface area (Å²) in [6.07, 6.45) is 0. The molecule has 0 fully saturated rings. The average Bonchev–Trinajstić information content (AvgIpc) is 2.74. The number of hydrogen-bond donors (Lipinski definition) is 3. The summed E-state index contributed by atoms with van der Waals surface area (Å²) in [4.78, 5) is 23.4. The number of benzene rings is 3. The van der Waals surface area contributed by atoms with Crippen LogP contribution in [0.15, 0.2) is 78.9 Å². The third kappa shape index (κ3) is 4.64. The van der Waals surface area contributed by atoms with Crippen molar-refractivity contribution in [2.45, 2.75) is 19.4 Å². The van der Waals surface area contributed by atoms with Crippen LogP contribution in [-0.2, 0) is 16.1 Å². The fraction of sp³-hybridized carbons (Fsp3) is 0.130. The summed E-state index contributed by atoms with van der Waals surface area (Å²) in [5, 5.41) is 11.9. The first-order valence-corrected chi connectivity index (χ1v) is 9.01. The van der Waals surface area contributed by atoms with Crippen molar-refractivity contribution in [1.29, 1.82) is 0 Å². The first-order valence-electron chi connectivity index (χ1n) is 9.01. The van der Waals surface area contributed by atoms with Gasteiger partial charge >= 0.3 is 0 Å². The summed E-state index contributed by atoms with van der Waals surface area (Å²) < 4.78 is 0. The van der Waals surface area contributed by atoms with Crippen LogP contribution >= 0.6 is 0 Å². The zero-order chi connectivity index (χ0) is 19.9. The zero-order valence-electron chi connectivity index (χ0n) is 15.6. The van der Waals surface area contributed by atoms with Crippen molar-refractivity contribution in [1.82, 2.24) is 10.8 Å². The molecule has 3 aromatic rings. The van der Waals surface area contributed by atoms with Gasteiger partial charge in [-0.2, -0.15) is 0 Å². The number of nitrogens with one attached hydrogen (secondary N) is 2. The lowest BCUT2D eigenvalue weighted by Crippen LogP contribution is -2.27. The quantitative estimate of drug-likeness (QED) is 0.455. The van der Waals surface area contributed by atoms with Crippen LogP contribution in [0.3, 0.4) is 0 Å². The van der Waals surface area contributed by atoms with Gasteiger partial charge in [0.15, 0.2) is 0 Å². The third-order valence-corrected chi connectivity index (χ3v) is 4.55. The molecule has 0 bridgehead atoms. The molecule has 1 unspecified atom stereocenters. The smallest absolute Gasteiger partial charge is 0.255 e. The molecule has 1 atom stereocenters. The van der Waals surface area contributed by atoms with E-state index in [2.05, 4.69) is 5.32 Å². The summed E-state index contributed by atoms with van der Waals surface area (Å²) in [6, 6.07) is 25.0. The average molecular weight is 374 g/mol. The molecule has 0 aliphatic rings. The number of carbonyl (C=O) groups is 2. The molecule has 0 heterocycles. The van der Waals surface area contributed by atoms with E-state index in [0.717, 1.165) is 27.8 Å². The third-order valence-electron chi connectivity index (χ3n) is 4.55. The highest BCUT2D eigenvalue weighted by Crippen LogP contribution is 2.28. The van der Waals surface area contributed by atoms with E-state index >= 15 is 0 Å². The maximum Gasteiger partial charge on any atom is 0.255 e. The highest BCUT2D eigenvalue weighted by Gasteiger charge is 2.22. The second kappa shape index (κ2) is 8.97. The Hall–Kier alpha value is -3.44. The summed E-state index contributed by atoms with van der Waals surface area (Å²) >= 11 is 0. The molecule has 3 N–H and O–H groups in total. The highest BCUT2D eigenvalue weighted by atomic mass is 16.5. The molecule has 142 valence electrons. The Morgan fingerprint density at radius 2 is 1.54 bits per heavy atom.